The number of hydrogen-bond donors (Lipinski definition) is 2. The number of hydrogen-bond acceptors (Lipinski definition) is 5. The molecule has 0 aliphatic heterocycles. The average Bonchev–Trinajstić information content (AvgIpc) is 2.83. The summed E-state index contributed by atoms with van der Waals surface area (Å²) in [5, 5.41) is 11.9. The molecule has 0 saturated heterocycles. The standard InChI is InChI=1S/C8H10BrN5S/c1-14-7(8(9)12-13-14)6(11-10)5-2-3-15-4-5/h2-4,6,11H,10H2,1H3. The molecule has 2 rings (SSSR count). The predicted octanol–water partition coefficient (Wildman–Crippen LogP) is 1.19. The minimum atomic E-state index is -0.0920. The molecular formula is C8H10BrN5S. The van der Waals surface area contributed by atoms with E-state index in [0.29, 0.717) is 4.60 Å². The maximum Gasteiger partial charge on any atom is 0.153 e. The van der Waals surface area contributed by atoms with Crippen molar-refractivity contribution in [3.8, 4) is 0 Å². The molecule has 0 aliphatic rings. The third kappa shape index (κ3) is 1.96. The van der Waals surface area contributed by atoms with Crippen molar-refractivity contribution in [2.24, 2.45) is 12.9 Å². The van der Waals surface area contributed by atoms with Crippen molar-refractivity contribution in [2.45, 2.75) is 6.04 Å². The summed E-state index contributed by atoms with van der Waals surface area (Å²) in [7, 11) is 1.84. The van der Waals surface area contributed by atoms with Gasteiger partial charge in [0, 0.05) is 7.05 Å². The van der Waals surface area contributed by atoms with Crippen LogP contribution in [0.5, 0.6) is 0 Å². The van der Waals surface area contributed by atoms with Crippen LogP contribution < -0.4 is 11.3 Å². The summed E-state index contributed by atoms with van der Waals surface area (Å²) in [6.07, 6.45) is 0. The molecule has 5 nitrogen and oxygen atoms in total. The Morgan fingerprint density at radius 2 is 2.47 bits per heavy atom. The molecular weight excluding hydrogens is 278 g/mol. The van der Waals surface area contributed by atoms with Gasteiger partial charge < -0.3 is 0 Å². The lowest BCUT2D eigenvalue weighted by atomic mass is 10.1. The predicted molar refractivity (Wildman–Crippen MR) is 62.2 cm³/mol. The second kappa shape index (κ2) is 4.40. The number of rotatable bonds is 3. The molecule has 0 fully saturated rings. The van der Waals surface area contributed by atoms with E-state index in [-0.39, 0.29) is 6.04 Å². The van der Waals surface area contributed by atoms with E-state index in [9.17, 15) is 0 Å². The van der Waals surface area contributed by atoms with Crippen molar-refractivity contribution in [3.05, 3.63) is 32.7 Å². The van der Waals surface area contributed by atoms with Crippen LogP contribution in [0.25, 0.3) is 0 Å². The van der Waals surface area contributed by atoms with Crippen molar-refractivity contribution in [1.82, 2.24) is 20.4 Å². The van der Waals surface area contributed by atoms with Gasteiger partial charge in [0.25, 0.3) is 0 Å². The van der Waals surface area contributed by atoms with E-state index in [2.05, 4.69) is 31.7 Å². The Morgan fingerprint density at radius 3 is 2.93 bits per heavy atom. The fourth-order valence-corrected chi connectivity index (χ4v) is 2.66. The summed E-state index contributed by atoms with van der Waals surface area (Å²) < 4.78 is 2.41. The van der Waals surface area contributed by atoms with Gasteiger partial charge in [0.05, 0.1) is 11.7 Å². The molecule has 80 valence electrons. The lowest BCUT2D eigenvalue weighted by molar-refractivity contribution is 0.570. The molecule has 2 aromatic heterocycles. The van der Waals surface area contributed by atoms with Crippen LogP contribution in [-0.4, -0.2) is 15.0 Å². The molecule has 3 N–H and O–H groups in total. The van der Waals surface area contributed by atoms with Crippen LogP contribution in [0.1, 0.15) is 17.3 Å². The Bertz CT molecular complexity index is 418. The smallest absolute Gasteiger partial charge is 0.153 e. The third-order valence-electron chi connectivity index (χ3n) is 2.14. The zero-order chi connectivity index (χ0) is 10.8. The van der Waals surface area contributed by atoms with E-state index in [1.807, 2.05) is 23.9 Å². The molecule has 2 aromatic rings. The third-order valence-corrected chi connectivity index (χ3v) is 3.41. The van der Waals surface area contributed by atoms with Gasteiger partial charge >= 0.3 is 0 Å². The Hall–Kier alpha value is -0.760. The first-order valence-corrected chi connectivity index (χ1v) is 6.01. The maximum absolute atomic E-state index is 5.56. The largest absolute Gasteiger partial charge is 0.271 e. The monoisotopic (exact) mass is 287 g/mol. The molecule has 1 atom stereocenters. The molecule has 0 saturated carbocycles. The van der Waals surface area contributed by atoms with E-state index in [1.165, 1.54) is 0 Å². The average molecular weight is 288 g/mol. The Kier molecular flexibility index (Phi) is 3.15. The maximum atomic E-state index is 5.56. The Balaban J connectivity index is 2.44. The molecule has 15 heavy (non-hydrogen) atoms. The fourth-order valence-electron chi connectivity index (χ4n) is 1.42. The van der Waals surface area contributed by atoms with E-state index in [1.54, 1.807) is 16.0 Å². The van der Waals surface area contributed by atoms with Crippen molar-refractivity contribution in [1.29, 1.82) is 0 Å². The van der Waals surface area contributed by atoms with Crippen LogP contribution in [0.4, 0.5) is 0 Å². The normalized spacial score (nSPS) is 13.0. The summed E-state index contributed by atoms with van der Waals surface area (Å²) in [6, 6.07) is 1.93. The molecule has 0 aliphatic carbocycles. The molecule has 0 spiro atoms. The van der Waals surface area contributed by atoms with Gasteiger partial charge in [-0.3, -0.25) is 5.84 Å². The number of aryl methyl sites for hydroxylation is 1. The zero-order valence-corrected chi connectivity index (χ0v) is 10.4. The number of nitrogens with one attached hydrogen (secondary N) is 1. The summed E-state index contributed by atoms with van der Waals surface area (Å²) in [4.78, 5) is 0. The zero-order valence-electron chi connectivity index (χ0n) is 8.01. The highest BCUT2D eigenvalue weighted by Gasteiger charge is 2.20. The van der Waals surface area contributed by atoms with Crippen molar-refractivity contribution in [2.75, 3.05) is 0 Å². The van der Waals surface area contributed by atoms with Gasteiger partial charge in [0.2, 0.25) is 0 Å². The minimum Gasteiger partial charge on any atom is -0.271 e. The molecule has 1 unspecified atom stereocenters. The van der Waals surface area contributed by atoms with Crippen molar-refractivity contribution < 1.29 is 0 Å². The van der Waals surface area contributed by atoms with Gasteiger partial charge in [-0.2, -0.15) is 11.3 Å². The molecule has 7 heteroatoms. The van der Waals surface area contributed by atoms with Crippen LogP contribution in [0.15, 0.2) is 21.4 Å². The van der Waals surface area contributed by atoms with Gasteiger partial charge in [-0.15, -0.1) is 5.10 Å². The van der Waals surface area contributed by atoms with Gasteiger partial charge in [0.15, 0.2) is 4.60 Å². The lowest BCUT2D eigenvalue weighted by Gasteiger charge is -2.14. The first-order valence-electron chi connectivity index (χ1n) is 4.27. The van der Waals surface area contributed by atoms with Crippen LogP contribution in [0, 0.1) is 0 Å². The lowest BCUT2D eigenvalue weighted by Crippen LogP contribution is -2.30. The van der Waals surface area contributed by atoms with Crippen LogP contribution in [0.3, 0.4) is 0 Å². The Labute approximate surface area is 99.4 Å². The van der Waals surface area contributed by atoms with E-state index in [4.69, 9.17) is 5.84 Å². The SMILES string of the molecule is Cn1nnc(Br)c1C(NN)c1ccsc1. The molecule has 0 aromatic carbocycles. The van der Waals surface area contributed by atoms with Crippen LogP contribution in [0.2, 0.25) is 0 Å². The fraction of sp³-hybridized carbons (Fsp3) is 0.250. The second-order valence-electron chi connectivity index (χ2n) is 3.05. The number of nitrogens with zero attached hydrogens (tertiary/aromatic N) is 3. The number of nitrogens with two attached hydrogens (primary N) is 1. The van der Waals surface area contributed by atoms with Gasteiger partial charge in [-0.25, -0.2) is 10.1 Å². The molecule has 0 radical (unpaired) electrons. The quantitative estimate of drug-likeness (QED) is 0.657. The molecule has 2 heterocycles. The molecule has 0 amide bonds. The summed E-state index contributed by atoms with van der Waals surface area (Å²) in [5.41, 5.74) is 4.78. The first-order chi connectivity index (χ1) is 7.24. The highest BCUT2D eigenvalue weighted by molar-refractivity contribution is 9.10. The first kappa shape index (κ1) is 10.7. The van der Waals surface area contributed by atoms with Gasteiger partial charge in [-0.1, -0.05) is 5.21 Å². The molecule has 0 bridgehead atoms. The van der Waals surface area contributed by atoms with Crippen molar-refractivity contribution >= 4 is 27.3 Å². The van der Waals surface area contributed by atoms with Crippen LogP contribution in [-0.2, 0) is 7.05 Å². The van der Waals surface area contributed by atoms with E-state index < -0.39 is 0 Å². The second-order valence-corrected chi connectivity index (χ2v) is 4.58. The van der Waals surface area contributed by atoms with Crippen molar-refractivity contribution in [3.63, 3.8) is 0 Å². The topological polar surface area (TPSA) is 68.8 Å². The number of halogens is 1. The summed E-state index contributed by atoms with van der Waals surface area (Å²) in [6.45, 7) is 0. The number of thiophene rings is 1. The van der Waals surface area contributed by atoms with Gasteiger partial charge in [-0.05, 0) is 38.3 Å². The van der Waals surface area contributed by atoms with Gasteiger partial charge in [0.1, 0.15) is 0 Å². The highest BCUT2D eigenvalue weighted by Crippen LogP contribution is 2.27. The summed E-state index contributed by atoms with van der Waals surface area (Å²) in [5.74, 6) is 5.56. The minimum absolute atomic E-state index is 0.0920. The summed E-state index contributed by atoms with van der Waals surface area (Å²) >= 11 is 4.99. The Morgan fingerprint density at radius 1 is 1.67 bits per heavy atom. The van der Waals surface area contributed by atoms with E-state index in [0.717, 1.165) is 11.3 Å². The number of aromatic nitrogens is 3. The van der Waals surface area contributed by atoms with Crippen LogP contribution >= 0.6 is 27.3 Å². The van der Waals surface area contributed by atoms with E-state index >= 15 is 0 Å². The highest BCUT2D eigenvalue weighted by atomic mass is 79.9. The number of hydrazine groups is 1.